The van der Waals surface area contributed by atoms with Crippen LogP contribution in [-0.2, 0) is 9.53 Å². The van der Waals surface area contributed by atoms with Crippen LogP contribution in [0.15, 0.2) is 5.38 Å². The summed E-state index contributed by atoms with van der Waals surface area (Å²) in [5.41, 5.74) is 0.187. The lowest BCUT2D eigenvalue weighted by atomic mass is 10.4. The van der Waals surface area contributed by atoms with Gasteiger partial charge in [-0.3, -0.25) is 14.9 Å². The number of thiazole rings is 1. The third-order valence-electron chi connectivity index (χ3n) is 1.61. The van der Waals surface area contributed by atoms with Crippen molar-refractivity contribution in [2.24, 2.45) is 0 Å². The summed E-state index contributed by atoms with van der Waals surface area (Å²) in [5, 5.41) is 3.81. The second-order valence-corrected chi connectivity index (χ2v) is 4.11. The van der Waals surface area contributed by atoms with Crippen LogP contribution in [-0.4, -0.2) is 36.1 Å². The number of nitrogens with zero attached hydrogens (tertiary/aromatic N) is 1. The lowest BCUT2D eigenvalue weighted by molar-refractivity contribution is -0.174. The average molecular weight is 282 g/mol. The van der Waals surface area contributed by atoms with Crippen molar-refractivity contribution in [1.82, 2.24) is 4.98 Å². The Morgan fingerprint density at radius 2 is 2.17 bits per heavy atom. The van der Waals surface area contributed by atoms with Crippen molar-refractivity contribution < 1.29 is 27.5 Å². The summed E-state index contributed by atoms with van der Waals surface area (Å²) in [5.74, 6) is -1.02. The zero-order valence-electron chi connectivity index (χ0n) is 9.21. The number of ether oxygens (including phenoxy) is 1. The number of alkyl halides is 3. The molecule has 0 unspecified atom stereocenters. The van der Waals surface area contributed by atoms with Crippen molar-refractivity contribution in [2.45, 2.75) is 13.1 Å². The molecular weight excluding hydrogens is 273 g/mol. The summed E-state index contributed by atoms with van der Waals surface area (Å²) in [7, 11) is 0. The van der Waals surface area contributed by atoms with Crippen molar-refractivity contribution in [3.8, 4) is 0 Å². The number of aromatic nitrogens is 1. The number of hydrogen-bond acceptors (Lipinski definition) is 5. The molecule has 0 radical (unpaired) electrons. The van der Waals surface area contributed by atoms with Gasteiger partial charge in [0.2, 0.25) is 0 Å². The molecule has 0 spiro atoms. The second-order valence-electron chi connectivity index (χ2n) is 3.25. The summed E-state index contributed by atoms with van der Waals surface area (Å²) in [6, 6.07) is 0. The van der Waals surface area contributed by atoms with E-state index in [4.69, 9.17) is 0 Å². The lowest BCUT2D eigenvalue weighted by Gasteiger charge is -2.06. The van der Waals surface area contributed by atoms with E-state index in [1.54, 1.807) is 0 Å². The Kier molecular flexibility index (Phi) is 4.79. The molecule has 1 N–H and O–H groups in total. The van der Waals surface area contributed by atoms with Crippen molar-refractivity contribution in [1.29, 1.82) is 0 Å². The Hall–Kier alpha value is -1.48. The molecule has 0 saturated carbocycles. The quantitative estimate of drug-likeness (QED) is 0.837. The monoisotopic (exact) mass is 282 g/mol. The van der Waals surface area contributed by atoms with E-state index in [1.165, 1.54) is 12.3 Å². The number of ketones is 1. The van der Waals surface area contributed by atoms with E-state index in [9.17, 15) is 22.8 Å². The Bertz CT molecular complexity index is 445. The smallest absolute Gasteiger partial charge is 0.362 e. The minimum atomic E-state index is -4.47. The normalized spacial score (nSPS) is 11.3. The molecular formula is C9H9F3N2O3S. The molecule has 1 amide bonds. The maximum absolute atomic E-state index is 11.7. The molecule has 1 heterocycles. The van der Waals surface area contributed by atoms with Gasteiger partial charge in [0, 0.05) is 12.3 Å². The van der Waals surface area contributed by atoms with Gasteiger partial charge < -0.3 is 4.74 Å². The third kappa shape index (κ3) is 5.23. The molecule has 0 saturated heterocycles. The zero-order valence-corrected chi connectivity index (χ0v) is 10.0. The molecule has 1 aromatic heterocycles. The Morgan fingerprint density at radius 3 is 2.67 bits per heavy atom. The molecule has 1 aromatic rings. The number of nitrogens with one attached hydrogen (secondary N) is 1. The molecule has 0 aliphatic heterocycles. The van der Waals surface area contributed by atoms with Crippen LogP contribution in [0.25, 0.3) is 0 Å². The van der Waals surface area contributed by atoms with E-state index in [0.29, 0.717) is 0 Å². The first kappa shape index (κ1) is 14.6. The molecule has 0 bridgehead atoms. The first-order valence-corrected chi connectivity index (χ1v) is 5.57. The molecule has 18 heavy (non-hydrogen) atoms. The maximum atomic E-state index is 11.7. The molecule has 0 aromatic carbocycles. The predicted octanol–water partition coefficient (Wildman–Crippen LogP) is 1.86. The van der Waals surface area contributed by atoms with Crippen molar-refractivity contribution in [3.63, 3.8) is 0 Å². The number of carbonyl (C=O) groups excluding carboxylic acids is 2. The van der Waals surface area contributed by atoms with E-state index in [2.05, 4.69) is 15.0 Å². The maximum Gasteiger partial charge on any atom is 0.411 e. The molecule has 0 aliphatic rings. The number of amides is 1. The first-order valence-electron chi connectivity index (χ1n) is 4.69. The number of carbonyl (C=O) groups is 2. The standard InChI is InChI=1S/C9H9F3N2O3S/c1-5(15)6-3-18-8(13-6)14-7(16)2-17-4-9(10,11)12/h3H,2,4H2,1H3,(H,13,14,16). The van der Waals surface area contributed by atoms with Crippen molar-refractivity contribution in [3.05, 3.63) is 11.1 Å². The van der Waals surface area contributed by atoms with Crippen LogP contribution < -0.4 is 5.32 Å². The SMILES string of the molecule is CC(=O)c1csc(NC(=O)COCC(F)(F)F)n1. The number of halogens is 3. The zero-order chi connectivity index (χ0) is 13.8. The summed E-state index contributed by atoms with van der Waals surface area (Å²) in [6.07, 6.45) is -4.47. The van der Waals surface area contributed by atoms with Crippen molar-refractivity contribution >= 4 is 28.2 Å². The Labute approximate surface area is 104 Å². The van der Waals surface area contributed by atoms with Gasteiger partial charge in [-0.15, -0.1) is 11.3 Å². The van der Waals surface area contributed by atoms with Gasteiger partial charge in [0.05, 0.1) is 0 Å². The Morgan fingerprint density at radius 1 is 1.50 bits per heavy atom. The average Bonchev–Trinajstić information content (AvgIpc) is 2.64. The summed E-state index contributed by atoms with van der Waals surface area (Å²) in [4.78, 5) is 25.8. The third-order valence-corrected chi connectivity index (χ3v) is 2.37. The number of Topliss-reactive ketones (excluding diaryl/α,β-unsaturated/α-hetero) is 1. The van der Waals surface area contributed by atoms with Gasteiger partial charge in [-0.05, 0) is 0 Å². The Balaban J connectivity index is 2.38. The van der Waals surface area contributed by atoms with E-state index in [0.717, 1.165) is 11.3 Å². The highest BCUT2D eigenvalue weighted by Gasteiger charge is 2.27. The fourth-order valence-electron chi connectivity index (χ4n) is 0.908. The molecule has 9 heteroatoms. The minimum Gasteiger partial charge on any atom is -0.362 e. The van der Waals surface area contributed by atoms with Crippen LogP contribution >= 0.6 is 11.3 Å². The number of hydrogen-bond donors (Lipinski definition) is 1. The predicted molar refractivity (Wildman–Crippen MR) is 57.6 cm³/mol. The van der Waals surface area contributed by atoms with Gasteiger partial charge in [-0.1, -0.05) is 0 Å². The summed E-state index contributed by atoms with van der Waals surface area (Å²) < 4.78 is 39.3. The van der Waals surface area contributed by atoms with Crippen LogP contribution in [0.4, 0.5) is 18.3 Å². The van der Waals surface area contributed by atoms with Crippen LogP contribution in [0.2, 0.25) is 0 Å². The van der Waals surface area contributed by atoms with Gasteiger partial charge in [0.25, 0.3) is 5.91 Å². The summed E-state index contributed by atoms with van der Waals surface area (Å²) >= 11 is 1.00. The lowest BCUT2D eigenvalue weighted by Crippen LogP contribution is -2.23. The topological polar surface area (TPSA) is 68.3 Å². The van der Waals surface area contributed by atoms with Crippen LogP contribution in [0.5, 0.6) is 0 Å². The highest BCUT2D eigenvalue weighted by Crippen LogP contribution is 2.16. The van der Waals surface area contributed by atoms with Crippen molar-refractivity contribution in [2.75, 3.05) is 18.5 Å². The molecule has 0 fully saturated rings. The largest absolute Gasteiger partial charge is 0.411 e. The molecule has 1 rings (SSSR count). The molecule has 0 aliphatic carbocycles. The fraction of sp³-hybridized carbons (Fsp3) is 0.444. The number of rotatable bonds is 5. The van der Waals surface area contributed by atoms with Crippen LogP contribution in [0, 0.1) is 0 Å². The van der Waals surface area contributed by atoms with Gasteiger partial charge in [0.1, 0.15) is 18.9 Å². The second kappa shape index (κ2) is 5.91. The summed E-state index contributed by atoms with van der Waals surface area (Å²) in [6.45, 7) is -0.904. The van der Waals surface area contributed by atoms with Crippen LogP contribution in [0.1, 0.15) is 17.4 Å². The molecule has 5 nitrogen and oxygen atoms in total. The van der Waals surface area contributed by atoms with Gasteiger partial charge in [-0.25, -0.2) is 4.98 Å². The minimum absolute atomic E-state index is 0.140. The van der Waals surface area contributed by atoms with E-state index >= 15 is 0 Å². The first-order chi connectivity index (χ1) is 8.28. The molecule has 100 valence electrons. The van der Waals surface area contributed by atoms with E-state index in [-0.39, 0.29) is 16.6 Å². The highest BCUT2D eigenvalue weighted by molar-refractivity contribution is 7.14. The number of anilines is 1. The van der Waals surface area contributed by atoms with Gasteiger partial charge in [-0.2, -0.15) is 13.2 Å². The van der Waals surface area contributed by atoms with Gasteiger partial charge >= 0.3 is 6.18 Å². The van der Waals surface area contributed by atoms with E-state index < -0.39 is 25.3 Å². The highest BCUT2D eigenvalue weighted by atomic mass is 32.1. The van der Waals surface area contributed by atoms with Gasteiger partial charge in [0.15, 0.2) is 10.9 Å². The fourth-order valence-corrected chi connectivity index (χ4v) is 1.67. The molecule has 0 atom stereocenters. The van der Waals surface area contributed by atoms with E-state index in [1.807, 2.05) is 0 Å². The van der Waals surface area contributed by atoms with Crippen LogP contribution in [0.3, 0.4) is 0 Å².